The Hall–Kier alpha value is -1.76. The zero-order valence-corrected chi connectivity index (χ0v) is 16.4. The van der Waals surface area contributed by atoms with Crippen LogP contribution < -0.4 is 5.32 Å². The molecule has 0 bridgehead atoms. The van der Waals surface area contributed by atoms with Crippen LogP contribution >= 0.6 is 11.3 Å². The molecule has 1 saturated heterocycles. The Morgan fingerprint density at radius 2 is 1.96 bits per heavy atom. The lowest BCUT2D eigenvalue weighted by atomic mass is 9.88. The Morgan fingerprint density at radius 3 is 2.70 bits per heavy atom. The number of fused-ring (bicyclic) bond motifs is 1. The normalized spacial score (nSPS) is 18.7. The van der Waals surface area contributed by atoms with E-state index in [1.54, 1.807) is 17.4 Å². The van der Waals surface area contributed by atoms with Gasteiger partial charge in [-0.1, -0.05) is 18.2 Å². The Balaban J connectivity index is 1.87. The largest absolute Gasteiger partial charge is 0.379 e. The molecule has 1 fully saturated rings. The number of amides is 1. The molecular formula is C21H25FN2O2S. The quantitative estimate of drug-likeness (QED) is 0.856. The van der Waals surface area contributed by atoms with E-state index < -0.39 is 0 Å². The summed E-state index contributed by atoms with van der Waals surface area (Å²) in [5.41, 5.74) is 3.09. The van der Waals surface area contributed by atoms with Gasteiger partial charge in [-0.2, -0.15) is 0 Å². The van der Waals surface area contributed by atoms with Gasteiger partial charge in [0, 0.05) is 36.0 Å². The first-order valence-electron chi connectivity index (χ1n) is 9.63. The molecule has 4 rings (SSSR count). The van der Waals surface area contributed by atoms with Crippen molar-refractivity contribution in [2.45, 2.75) is 38.6 Å². The zero-order valence-electron chi connectivity index (χ0n) is 15.6. The van der Waals surface area contributed by atoms with Gasteiger partial charge >= 0.3 is 0 Å². The molecule has 0 spiro atoms. The topological polar surface area (TPSA) is 41.6 Å². The lowest BCUT2D eigenvalue weighted by molar-refractivity contribution is -0.114. The summed E-state index contributed by atoms with van der Waals surface area (Å²) in [5, 5.41) is 3.92. The van der Waals surface area contributed by atoms with Crippen molar-refractivity contribution in [3.05, 3.63) is 51.7 Å². The van der Waals surface area contributed by atoms with E-state index in [1.165, 1.54) is 29.9 Å². The number of thiophene rings is 1. The molecule has 0 radical (unpaired) electrons. The predicted octanol–water partition coefficient (Wildman–Crippen LogP) is 4.15. The van der Waals surface area contributed by atoms with Gasteiger partial charge in [0.1, 0.15) is 10.8 Å². The summed E-state index contributed by atoms with van der Waals surface area (Å²) >= 11 is 1.67. The van der Waals surface area contributed by atoms with E-state index in [-0.39, 0.29) is 17.8 Å². The SMILES string of the molecule is CC(=O)Nc1sc2c(c1[C@@H](c1ccccc1F)N1CCOCC1)CCCC2. The van der Waals surface area contributed by atoms with E-state index in [4.69, 9.17) is 4.74 Å². The molecular weight excluding hydrogens is 363 g/mol. The molecule has 1 N–H and O–H groups in total. The maximum Gasteiger partial charge on any atom is 0.221 e. The fourth-order valence-electron chi connectivity index (χ4n) is 4.20. The van der Waals surface area contributed by atoms with Gasteiger partial charge in [0.2, 0.25) is 5.91 Å². The summed E-state index contributed by atoms with van der Waals surface area (Å²) in [5.74, 6) is -0.275. The minimum Gasteiger partial charge on any atom is -0.379 e. The number of carbonyl (C=O) groups excluding carboxylic acids is 1. The van der Waals surface area contributed by atoms with Gasteiger partial charge in [0.15, 0.2) is 0 Å². The van der Waals surface area contributed by atoms with Gasteiger partial charge in [-0.25, -0.2) is 4.39 Å². The molecule has 1 aliphatic heterocycles. The Morgan fingerprint density at radius 1 is 1.22 bits per heavy atom. The Labute approximate surface area is 163 Å². The molecule has 6 heteroatoms. The highest BCUT2D eigenvalue weighted by molar-refractivity contribution is 7.16. The number of ether oxygens (including phenoxy) is 1. The van der Waals surface area contributed by atoms with Crippen molar-refractivity contribution in [3.8, 4) is 0 Å². The highest BCUT2D eigenvalue weighted by atomic mass is 32.1. The molecule has 2 aromatic rings. The summed E-state index contributed by atoms with van der Waals surface area (Å²) in [6.07, 6.45) is 4.35. The molecule has 1 aliphatic carbocycles. The third-order valence-corrected chi connectivity index (χ3v) is 6.61. The summed E-state index contributed by atoms with van der Waals surface area (Å²) in [6, 6.07) is 6.82. The molecule has 0 unspecified atom stereocenters. The first kappa shape index (κ1) is 18.6. The summed E-state index contributed by atoms with van der Waals surface area (Å²) in [6.45, 7) is 4.33. The summed E-state index contributed by atoms with van der Waals surface area (Å²) < 4.78 is 20.4. The summed E-state index contributed by atoms with van der Waals surface area (Å²) in [4.78, 5) is 15.5. The number of benzene rings is 1. The van der Waals surface area contributed by atoms with Crippen LogP contribution in [-0.4, -0.2) is 37.1 Å². The molecule has 144 valence electrons. The van der Waals surface area contributed by atoms with Crippen LogP contribution in [0.3, 0.4) is 0 Å². The molecule has 0 saturated carbocycles. The van der Waals surface area contributed by atoms with Crippen LogP contribution in [0.1, 0.15) is 47.4 Å². The zero-order chi connectivity index (χ0) is 18.8. The van der Waals surface area contributed by atoms with E-state index in [1.807, 2.05) is 12.1 Å². The number of halogens is 1. The first-order valence-corrected chi connectivity index (χ1v) is 10.4. The van der Waals surface area contributed by atoms with Crippen LogP contribution in [0, 0.1) is 5.82 Å². The maximum absolute atomic E-state index is 14.9. The Kier molecular flexibility index (Phi) is 5.57. The van der Waals surface area contributed by atoms with Crippen molar-refractivity contribution in [2.24, 2.45) is 0 Å². The fraction of sp³-hybridized carbons (Fsp3) is 0.476. The highest BCUT2D eigenvalue weighted by Gasteiger charge is 2.33. The van der Waals surface area contributed by atoms with Gasteiger partial charge in [-0.15, -0.1) is 11.3 Å². The van der Waals surface area contributed by atoms with Gasteiger partial charge in [0.05, 0.1) is 19.3 Å². The molecule has 4 nitrogen and oxygen atoms in total. The predicted molar refractivity (Wildman–Crippen MR) is 106 cm³/mol. The van der Waals surface area contributed by atoms with Gasteiger partial charge < -0.3 is 10.1 Å². The van der Waals surface area contributed by atoms with Gasteiger partial charge in [0.25, 0.3) is 0 Å². The molecule has 1 amide bonds. The second-order valence-electron chi connectivity index (χ2n) is 7.21. The average Bonchev–Trinajstić information content (AvgIpc) is 3.02. The van der Waals surface area contributed by atoms with Crippen molar-refractivity contribution in [2.75, 3.05) is 31.6 Å². The number of nitrogens with one attached hydrogen (secondary N) is 1. The monoisotopic (exact) mass is 388 g/mol. The third-order valence-electron chi connectivity index (χ3n) is 5.39. The van der Waals surface area contributed by atoms with Crippen molar-refractivity contribution >= 4 is 22.2 Å². The number of hydrogen-bond donors (Lipinski definition) is 1. The van der Waals surface area contributed by atoms with Crippen LogP contribution in [0.25, 0.3) is 0 Å². The number of morpholine rings is 1. The number of aryl methyl sites for hydroxylation is 1. The summed E-state index contributed by atoms with van der Waals surface area (Å²) in [7, 11) is 0. The molecule has 2 aliphatic rings. The number of nitrogens with zero attached hydrogens (tertiary/aromatic N) is 1. The fourth-order valence-corrected chi connectivity index (χ4v) is 5.57. The van der Waals surface area contributed by atoms with Gasteiger partial charge in [-0.05, 0) is 37.3 Å². The lowest BCUT2D eigenvalue weighted by Gasteiger charge is -2.36. The van der Waals surface area contributed by atoms with E-state index in [0.29, 0.717) is 18.8 Å². The number of anilines is 1. The van der Waals surface area contributed by atoms with Crippen molar-refractivity contribution in [1.29, 1.82) is 0 Å². The molecule has 1 aromatic heterocycles. The molecule has 1 aromatic carbocycles. The first-order chi connectivity index (χ1) is 13.1. The number of carbonyl (C=O) groups is 1. The van der Waals surface area contributed by atoms with Crippen LogP contribution in [0.4, 0.5) is 9.39 Å². The molecule has 1 atom stereocenters. The van der Waals surface area contributed by atoms with Gasteiger partial charge in [-0.3, -0.25) is 9.69 Å². The maximum atomic E-state index is 14.9. The second kappa shape index (κ2) is 8.09. The number of hydrogen-bond acceptors (Lipinski definition) is 4. The minimum absolute atomic E-state index is 0.0795. The highest BCUT2D eigenvalue weighted by Crippen LogP contribution is 2.45. The lowest BCUT2D eigenvalue weighted by Crippen LogP contribution is -2.40. The van der Waals surface area contributed by atoms with E-state index in [0.717, 1.165) is 42.9 Å². The second-order valence-corrected chi connectivity index (χ2v) is 8.31. The average molecular weight is 389 g/mol. The van der Waals surface area contributed by atoms with Crippen LogP contribution in [0.2, 0.25) is 0 Å². The smallest absolute Gasteiger partial charge is 0.221 e. The van der Waals surface area contributed by atoms with E-state index in [2.05, 4.69) is 10.2 Å². The van der Waals surface area contributed by atoms with Crippen molar-refractivity contribution in [1.82, 2.24) is 4.90 Å². The van der Waals surface area contributed by atoms with E-state index >= 15 is 0 Å². The van der Waals surface area contributed by atoms with Crippen LogP contribution in [0.15, 0.2) is 24.3 Å². The van der Waals surface area contributed by atoms with E-state index in [9.17, 15) is 9.18 Å². The van der Waals surface area contributed by atoms with Crippen molar-refractivity contribution in [3.63, 3.8) is 0 Å². The molecule has 2 heterocycles. The van der Waals surface area contributed by atoms with Crippen LogP contribution in [0.5, 0.6) is 0 Å². The third kappa shape index (κ3) is 3.79. The Bertz CT molecular complexity index is 830. The number of rotatable bonds is 4. The van der Waals surface area contributed by atoms with Crippen LogP contribution in [-0.2, 0) is 22.4 Å². The standard InChI is InChI=1S/C21H25FN2O2S/c1-14(25)23-21-19(16-7-3-5-9-18(16)27-21)20(24-10-12-26-13-11-24)15-6-2-4-8-17(15)22/h2,4,6,8,20H,3,5,7,9-13H2,1H3,(H,23,25)/t20-/m1/s1. The van der Waals surface area contributed by atoms with Crippen molar-refractivity contribution < 1.29 is 13.9 Å². The minimum atomic E-state index is -0.199. The molecule has 27 heavy (non-hydrogen) atoms.